The monoisotopic (exact) mass is 433 g/mol. The third-order valence-corrected chi connectivity index (χ3v) is 5.69. The van der Waals surface area contributed by atoms with Crippen LogP contribution in [0.3, 0.4) is 0 Å². The van der Waals surface area contributed by atoms with Crippen molar-refractivity contribution in [3.8, 4) is 11.5 Å². The van der Waals surface area contributed by atoms with Crippen molar-refractivity contribution in [1.82, 2.24) is 5.43 Å². The van der Waals surface area contributed by atoms with Crippen molar-refractivity contribution < 1.29 is 22.7 Å². The Morgan fingerprint density at radius 1 is 1.10 bits per heavy atom. The minimum absolute atomic E-state index is 0.405. The molecule has 9 heteroatoms. The molecule has 0 bridgehead atoms. The second-order valence-electron chi connectivity index (χ2n) is 6.53. The third-order valence-electron chi connectivity index (χ3n) is 4.45. The highest BCUT2D eigenvalue weighted by Crippen LogP contribution is 2.28. The largest absolute Gasteiger partial charge is 0.493 e. The van der Waals surface area contributed by atoms with Crippen molar-refractivity contribution in [3.63, 3.8) is 0 Å². The van der Waals surface area contributed by atoms with Gasteiger partial charge in [-0.15, -0.1) is 0 Å². The van der Waals surface area contributed by atoms with Gasteiger partial charge in [-0.1, -0.05) is 25.1 Å². The van der Waals surface area contributed by atoms with Gasteiger partial charge in [-0.25, -0.2) is 13.8 Å². The van der Waals surface area contributed by atoms with Crippen LogP contribution in [0.25, 0.3) is 0 Å². The van der Waals surface area contributed by atoms with Gasteiger partial charge in [0.05, 0.1) is 31.9 Å². The number of hydrogen-bond acceptors (Lipinski definition) is 6. The highest BCUT2D eigenvalue weighted by atomic mass is 32.2. The Hall–Kier alpha value is -3.07. The quantitative estimate of drug-likeness (QED) is 0.484. The van der Waals surface area contributed by atoms with Gasteiger partial charge in [0.1, 0.15) is 6.04 Å². The van der Waals surface area contributed by atoms with Crippen molar-refractivity contribution in [2.24, 2.45) is 5.10 Å². The molecule has 0 unspecified atom stereocenters. The van der Waals surface area contributed by atoms with Gasteiger partial charge in [0, 0.05) is 5.56 Å². The van der Waals surface area contributed by atoms with E-state index in [1.54, 1.807) is 49.6 Å². The first-order chi connectivity index (χ1) is 14.2. The normalized spacial score (nSPS) is 12.8. The molecule has 0 saturated carbocycles. The molecule has 0 radical (unpaired) electrons. The highest BCUT2D eigenvalue weighted by Gasteiger charge is 2.29. The Morgan fingerprint density at radius 2 is 1.73 bits per heavy atom. The number of rotatable bonds is 9. The van der Waals surface area contributed by atoms with E-state index >= 15 is 0 Å². The number of anilines is 1. The van der Waals surface area contributed by atoms with Crippen molar-refractivity contribution in [3.05, 3.63) is 54.1 Å². The van der Waals surface area contributed by atoms with Gasteiger partial charge in [-0.05, 0) is 43.7 Å². The van der Waals surface area contributed by atoms with Crippen LogP contribution < -0.4 is 19.2 Å². The molecular weight excluding hydrogens is 406 g/mol. The molecule has 0 aromatic heterocycles. The Kier molecular flexibility index (Phi) is 7.82. The average Bonchev–Trinajstić information content (AvgIpc) is 2.73. The lowest BCUT2D eigenvalue weighted by atomic mass is 10.1. The Balaban J connectivity index is 2.27. The molecule has 0 spiro atoms. The van der Waals surface area contributed by atoms with E-state index in [1.807, 2.05) is 13.0 Å². The minimum Gasteiger partial charge on any atom is -0.493 e. The van der Waals surface area contributed by atoms with Crippen LogP contribution in [0.15, 0.2) is 53.6 Å². The van der Waals surface area contributed by atoms with Crippen molar-refractivity contribution in [2.75, 3.05) is 24.8 Å². The maximum Gasteiger partial charge on any atom is 0.263 e. The number of carbonyl (C=O) groups is 1. The summed E-state index contributed by atoms with van der Waals surface area (Å²) in [6.07, 6.45) is 1.60. The molecule has 0 aliphatic carbocycles. The average molecular weight is 434 g/mol. The Morgan fingerprint density at radius 3 is 2.27 bits per heavy atom. The van der Waals surface area contributed by atoms with Gasteiger partial charge in [-0.2, -0.15) is 5.10 Å². The van der Waals surface area contributed by atoms with Crippen LogP contribution in [0, 0.1) is 0 Å². The lowest BCUT2D eigenvalue weighted by Crippen LogP contribution is -2.46. The van der Waals surface area contributed by atoms with E-state index < -0.39 is 22.0 Å². The summed E-state index contributed by atoms with van der Waals surface area (Å²) in [5, 5.41) is 4.22. The first-order valence-electron chi connectivity index (χ1n) is 9.36. The standard InChI is InChI=1S/C21H27N3O5S/c1-6-18(16-12-13-19(28-3)20(14-16)29-4)22-23-21(25)15(2)24(30(5,26)27)17-10-8-7-9-11-17/h7-15H,6H2,1-5H3,(H,23,25)/b22-18-/t15-/m1/s1. The predicted molar refractivity (Wildman–Crippen MR) is 118 cm³/mol. The molecule has 0 fully saturated rings. The van der Waals surface area contributed by atoms with Gasteiger partial charge in [0.2, 0.25) is 10.0 Å². The van der Waals surface area contributed by atoms with Crippen LogP contribution in [0.1, 0.15) is 25.8 Å². The summed E-state index contributed by atoms with van der Waals surface area (Å²) in [4.78, 5) is 12.7. The van der Waals surface area contributed by atoms with Crippen LogP contribution in [0.5, 0.6) is 11.5 Å². The fourth-order valence-electron chi connectivity index (χ4n) is 2.96. The summed E-state index contributed by atoms with van der Waals surface area (Å²) in [5.74, 6) is 0.583. The molecule has 2 aromatic carbocycles. The summed E-state index contributed by atoms with van der Waals surface area (Å²) in [6.45, 7) is 3.42. The number of hydrogen-bond donors (Lipinski definition) is 1. The topological polar surface area (TPSA) is 97.3 Å². The second-order valence-corrected chi connectivity index (χ2v) is 8.39. The number of para-hydroxylation sites is 1. The number of benzene rings is 2. The molecule has 30 heavy (non-hydrogen) atoms. The van der Waals surface area contributed by atoms with Crippen LogP contribution in [-0.2, 0) is 14.8 Å². The molecule has 2 aromatic rings. The first-order valence-corrected chi connectivity index (χ1v) is 11.2. The van der Waals surface area contributed by atoms with Gasteiger partial charge < -0.3 is 9.47 Å². The zero-order valence-corrected chi connectivity index (χ0v) is 18.6. The van der Waals surface area contributed by atoms with Crippen LogP contribution in [-0.4, -0.2) is 46.6 Å². The Labute approximate surface area is 177 Å². The van der Waals surface area contributed by atoms with Crippen molar-refractivity contribution >= 4 is 27.3 Å². The number of carbonyl (C=O) groups excluding carboxylic acids is 1. The molecule has 1 amide bonds. The molecular formula is C21H27N3O5S. The molecule has 0 heterocycles. The molecule has 162 valence electrons. The molecule has 0 aliphatic rings. The molecule has 0 saturated heterocycles. The van der Waals surface area contributed by atoms with E-state index in [9.17, 15) is 13.2 Å². The Bertz CT molecular complexity index is 1010. The number of nitrogens with one attached hydrogen (secondary N) is 1. The fourth-order valence-corrected chi connectivity index (χ4v) is 4.14. The predicted octanol–water partition coefficient (Wildman–Crippen LogP) is 2.79. The zero-order valence-electron chi connectivity index (χ0n) is 17.7. The van der Waals surface area contributed by atoms with E-state index in [-0.39, 0.29) is 0 Å². The number of ether oxygens (including phenoxy) is 2. The molecule has 1 atom stereocenters. The molecule has 8 nitrogen and oxygen atoms in total. The van der Waals surface area contributed by atoms with E-state index in [0.717, 1.165) is 16.1 Å². The lowest BCUT2D eigenvalue weighted by molar-refractivity contribution is -0.121. The van der Waals surface area contributed by atoms with Crippen molar-refractivity contribution in [1.29, 1.82) is 0 Å². The van der Waals surface area contributed by atoms with Crippen LogP contribution in [0.2, 0.25) is 0 Å². The number of methoxy groups -OCH3 is 2. The summed E-state index contributed by atoms with van der Waals surface area (Å²) >= 11 is 0. The summed E-state index contributed by atoms with van der Waals surface area (Å²) in [6, 6.07) is 12.8. The number of hydrazone groups is 1. The summed E-state index contributed by atoms with van der Waals surface area (Å²) in [5.41, 5.74) is 4.26. The maximum absolute atomic E-state index is 12.7. The summed E-state index contributed by atoms with van der Waals surface area (Å²) < 4.78 is 36.2. The fraction of sp³-hybridized carbons (Fsp3) is 0.333. The van der Waals surface area contributed by atoms with Gasteiger partial charge >= 0.3 is 0 Å². The maximum atomic E-state index is 12.7. The smallest absolute Gasteiger partial charge is 0.263 e. The minimum atomic E-state index is -3.68. The van der Waals surface area contributed by atoms with Gasteiger partial charge in [0.15, 0.2) is 11.5 Å². The van der Waals surface area contributed by atoms with Crippen LogP contribution in [0.4, 0.5) is 5.69 Å². The van der Waals surface area contributed by atoms with Gasteiger partial charge in [0.25, 0.3) is 5.91 Å². The SMILES string of the molecule is CC/C(=N/NC(=O)[C@@H](C)N(c1ccccc1)S(C)(=O)=O)c1ccc(OC)c(OC)c1. The second kappa shape index (κ2) is 10.1. The summed E-state index contributed by atoms with van der Waals surface area (Å²) in [7, 11) is -0.593. The van der Waals surface area contributed by atoms with Crippen LogP contribution >= 0.6 is 0 Å². The van der Waals surface area contributed by atoms with E-state index in [4.69, 9.17) is 9.47 Å². The zero-order chi connectivity index (χ0) is 22.3. The van der Waals surface area contributed by atoms with E-state index in [2.05, 4.69) is 10.5 Å². The number of nitrogens with zero attached hydrogens (tertiary/aromatic N) is 2. The third kappa shape index (κ3) is 5.50. The van der Waals surface area contributed by atoms with E-state index in [0.29, 0.717) is 29.3 Å². The van der Waals surface area contributed by atoms with Crippen molar-refractivity contribution in [2.45, 2.75) is 26.3 Å². The molecule has 1 N–H and O–H groups in total. The van der Waals surface area contributed by atoms with Gasteiger partial charge in [-0.3, -0.25) is 9.10 Å². The highest BCUT2D eigenvalue weighted by molar-refractivity contribution is 7.92. The molecule has 2 rings (SSSR count). The number of amides is 1. The van der Waals surface area contributed by atoms with E-state index in [1.165, 1.54) is 14.0 Å². The molecule has 0 aliphatic heterocycles. The number of sulfonamides is 1. The first kappa shape index (κ1) is 23.2. The lowest BCUT2D eigenvalue weighted by Gasteiger charge is -2.27.